The summed E-state index contributed by atoms with van der Waals surface area (Å²) in [4.78, 5) is 10.5. The number of rotatable bonds is 5. The summed E-state index contributed by atoms with van der Waals surface area (Å²) in [5.74, 6) is -0.973. The van der Waals surface area contributed by atoms with Crippen LogP contribution in [-0.4, -0.2) is 38.9 Å². The summed E-state index contributed by atoms with van der Waals surface area (Å²) in [5.41, 5.74) is 0. The van der Waals surface area contributed by atoms with E-state index in [0.29, 0.717) is 0 Å². The number of carbonyl (C=O) groups is 1. The lowest BCUT2D eigenvalue weighted by Crippen LogP contribution is -2.30. The van der Waals surface area contributed by atoms with E-state index >= 15 is 0 Å². The molecule has 0 aliphatic rings. The fourth-order valence-electron chi connectivity index (χ4n) is 1.22. The Hall–Kier alpha value is -1.47. The first-order valence-electron chi connectivity index (χ1n) is 5.19. The summed E-state index contributed by atoms with van der Waals surface area (Å²) in [6, 6.07) is 4.53. The molecule has 0 saturated heterocycles. The lowest BCUT2D eigenvalue weighted by atomic mass is 10.4. The molecule has 0 saturated carbocycles. The number of ether oxygens (including phenoxy) is 1. The summed E-state index contributed by atoms with van der Waals surface area (Å²) < 4.78 is 42.4. The fraction of sp³-hybridized carbons (Fsp3) is 0.364. The van der Waals surface area contributed by atoms with E-state index in [1.54, 1.807) is 0 Å². The third-order valence-corrected chi connectivity index (χ3v) is 4.10. The van der Waals surface area contributed by atoms with Gasteiger partial charge in [0.25, 0.3) is 0 Å². The number of sulfonamides is 1. The van der Waals surface area contributed by atoms with Gasteiger partial charge in [0.15, 0.2) is 0 Å². The molecule has 0 bridgehead atoms. The SMILES string of the molecule is CC(=O)OCCN(C)S(=O)(=O)c1ccc(F)cc1. The Morgan fingerprint density at radius 3 is 2.39 bits per heavy atom. The van der Waals surface area contributed by atoms with Gasteiger partial charge in [0.1, 0.15) is 12.4 Å². The largest absolute Gasteiger partial charge is 0.464 e. The molecule has 0 heterocycles. The summed E-state index contributed by atoms with van der Waals surface area (Å²) in [6.07, 6.45) is 0. The van der Waals surface area contributed by atoms with E-state index in [9.17, 15) is 17.6 Å². The van der Waals surface area contributed by atoms with Crippen molar-refractivity contribution in [2.45, 2.75) is 11.8 Å². The third kappa shape index (κ3) is 3.78. The molecule has 1 aromatic carbocycles. The van der Waals surface area contributed by atoms with Crippen molar-refractivity contribution >= 4 is 16.0 Å². The molecule has 0 unspecified atom stereocenters. The zero-order valence-electron chi connectivity index (χ0n) is 10.1. The van der Waals surface area contributed by atoms with Crippen molar-refractivity contribution in [2.75, 3.05) is 20.2 Å². The van der Waals surface area contributed by atoms with Gasteiger partial charge in [0.2, 0.25) is 10.0 Å². The summed E-state index contributed by atoms with van der Waals surface area (Å²) in [6.45, 7) is 1.26. The molecular weight excluding hydrogens is 261 g/mol. The van der Waals surface area contributed by atoms with E-state index in [4.69, 9.17) is 0 Å². The van der Waals surface area contributed by atoms with Crippen LogP contribution in [0, 0.1) is 5.82 Å². The topological polar surface area (TPSA) is 63.7 Å². The van der Waals surface area contributed by atoms with Gasteiger partial charge in [0.05, 0.1) is 4.90 Å². The van der Waals surface area contributed by atoms with E-state index in [1.807, 2.05) is 0 Å². The molecule has 5 nitrogen and oxygen atoms in total. The van der Waals surface area contributed by atoms with Crippen molar-refractivity contribution in [1.29, 1.82) is 0 Å². The molecule has 1 rings (SSSR count). The van der Waals surface area contributed by atoms with Crippen LogP contribution in [0.15, 0.2) is 29.2 Å². The number of halogens is 1. The van der Waals surface area contributed by atoms with Gasteiger partial charge in [-0.05, 0) is 24.3 Å². The van der Waals surface area contributed by atoms with E-state index in [1.165, 1.54) is 26.1 Å². The van der Waals surface area contributed by atoms with Crippen LogP contribution < -0.4 is 0 Å². The van der Waals surface area contributed by atoms with E-state index in [2.05, 4.69) is 4.74 Å². The van der Waals surface area contributed by atoms with Crippen molar-refractivity contribution in [3.8, 4) is 0 Å². The Balaban J connectivity index is 2.73. The van der Waals surface area contributed by atoms with Gasteiger partial charge in [-0.2, -0.15) is 4.31 Å². The molecule has 0 aromatic heterocycles. The van der Waals surface area contributed by atoms with E-state index in [0.717, 1.165) is 16.4 Å². The average Bonchev–Trinajstić information content (AvgIpc) is 2.28. The van der Waals surface area contributed by atoms with Gasteiger partial charge in [-0.15, -0.1) is 0 Å². The molecule has 100 valence electrons. The number of benzene rings is 1. The average molecular weight is 275 g/mol. The first-order chi connectivity index (χ1) is 8.34. The van der Waals surface area contributed by atoms with Crippen molar-refractivity contribution in [3.63, 3.8) is 0 Å². The monoisotopic (exact) mass is 275 g/mol. The van der Waals surface area contributed by atoms with Crippen LogP contribution in [0.5, 0.6) is 0 Å². The smallest absolute Gasteiger partial charge is 0.302 e. The van der Waals surface area contributed by atoms with Crippen molar-refractivity contribution in [3.05, 3.63) is 30.1 Å². The van der Waals surface area contributed by atoms with Gasteiger partial charge in [-0.3, -0.25) is 4.79 Å². The highest BCUT2D eigenvalue weighted by atomic mass is 32.2. The fourth-order valence-corrected chi connectivity index (χ4v) is 2.38. The Morgan fingerprint density at radius 2 is 1.89 bits per heavy atom. The minimum absolute atomic E-state index is 0.00535. The lowest BCUT2D eigenvalue weighted by molar-refractivity contribution is -0.141. The molecule has 0 aliphatic heterocycles. The Morgan fingerprint density at radius 1 is 1.33 bits per heavy atom. The maximum Gasteiger partial charge on any atom is 0.302 e. The first-order valence-corrected chi connectivity index (χ1v) is 6.63. The summed E-state index contributed by atoms with van der Waals surface area (Å²) in [7, 11) is -2.32. The molecule has 0 N–H and O–H groups in total. The van der Waals surface area contributed by atoms with Crippen molar-refractivity contribution < 1.29 is 22.3 Å². The first kappa shape index (κ1) is 14.6. The number of carbonyl (C=O) groups excluding carboxylic acids is 1. The molecule has 7 heteroatoms. The number of esters is 1. The predicted molar refractivity (Wildman–Crippen MR) is 62.8 cm³/mol. The maximum absolute atomic E-state index is 12.7. The van der Waals surface area contributed by atoms with Gasteiger partial charge in [-0.1, -0.05) is 0 Å². The Labute approximate surface area is 105 Å². The van der Waals surface area contributed by atoms with Crippen LogP contribution in [0.1, 0.15) is 6.92 Å². The molecular formula is C11H14FNO4S. The molecule has 0 fully saturated rings. The van der Waals surface area contributed by atoms with Crippen LogP contribution in [0.3, 0.4) is 0 Å². The van der Waals surface area contributed by atoms with Gasteiger partial charge >= 0.3 is 5.97 Å². The van der Waals surface area contributed by atoms with Gasteiger partial charge in [0, 0.05) is 20.5 Å². The van der Waals surface area contributed by atoms with E-state index < -0.39 is 21.8 Å². The normalized spacial score (nSPS) is 11.6. The van der Waals surface area contributed by atoms with Crippen LogP contribution in [-0.2, 0) is 19.6 Å². The van der Waals surface area contributed by atoms with Crippen LogP contribution in [0.2, 0.25) is 0 Å². The van der Waals surface area contributed by atoms with Crippen molar-refractivity contribution in [1.82, 2.24) is 4.31 Å². The standard InChI is InChI=1S/C11H14FNO4S/c1-9(14)17-8-7-13(2)18(15,16)11-5-3-10(12)4-6-11/h3-6H,7-8H2,1-2H3. The molecule has 1 aromatic rings. The summed E-state index contributed by atoms with van der Waals surface area (Å²) in [5, 5.41) is 0. The van der Waals surface area contributed by atoms with Crippen LogP contribution in [0.25, 0.3) is 0 Å². The van der Waals surface area contributed by atoms with Gasteiger partial charge in [-0.25, -0.2) is 12.8 Å². The highest BCUT2D eigenvalue weighted by molar-refractivity contribution is 7.89. The molecule has 18 heavy (non-hydrogen) atoms. The molecule has 0 atom stereocenters. The second kappa shape index (κ2) is 5.92. The van der Waals surface area contributed by atoms with Crippen LogP contribution >= 0.6 is 0 Å². The van der Waals surface area contributed by atoms with Crippen LogP contribution in [0.4, 0.5) is 4.39 Å². The third-order valence-electron chi connectivity index (χ3n) is 2.23. The highest BCUT2D eigenvalue weighted by Gasteiger charge is 2.20. The van der Waals surface area contributed by atoms with Gasteiger partial charge < -0.3 is 4.74 Å². The van der Waals surface area contributed by atoms with Crippen molar-refractivity contribution in [2.24, 2.45) is 0 Å². The number of hydrogen-bond donors (Lipinski definition) is 0. The maximum atomic E-state index is 12.7. The minimum Gasteiger partial charge on any atom is -0.464 e. The molecule has 0 aliphatic carbocycles. The molecule has 0 radical (unpaired) electrons. The second-order valence-corrected chi connectivity index (χ2v) is 5.67. The number of hydrogen-bond acceptors (Lipinski definition) is 4. The molecule has 0 amide bonds. The number of nitrogens with zero attached hydrogens (tertiary/aromatic N) is 1. The number of likely N-dealkylation sites (N-methyl/N-ethyl adjacent to an activating group) is 1. The zero-order valence-corrected chi connectivity index (χ0v) is 10.9. The zero-order chi connectivity index (χ0) is 13.8. The Bertz CT molecular complexity index is 512. The molecule has 0 spiro atoms. The minimum atomic E-state index is -3.68. The summed E-state index contributed by atoms with van der Waals surface area (Å²) >= 11 is 0. The quantitative estimate of drug-likeness (QED) is 0.752. The highest BCUT2D eigenvalue weighted by Crippen LogP contribution is 2.14. The second-order valence-electron chi connectivity index (χ2n) is 3.62. The Kier molecular flexibility index (Phi) is 4.80. The van der Waals surface area contributed by atoms with E-state index in [-0.39, 0.29) is 18.0 Å². The predicted octanol–water partition coefficient (Wildman–Crippen LogP) is 1.01. The lowest BCUT2D eigenvalue weighted by Gasteiger charge is -2.16.